The molecule has 84 valence electrons. The molecule has 0 fully saturated rings. The first kappa shape index (κ1) is 11.2. The molecular weight excluding hydrogens is 200 g/mol. The minimum atomic E-state index is 0.372. The molecule has 1 unspecified atom stereocenters. The number of thiophene rings is 1. The normalized spacial score (nSPS) is 26.0. The van der Waals surface area contributed by atoms with E-state index in [1.807, 2.05) is 11.3 Å². The molecule has 1 atom stereocenters. The van der Waals surface area contributed by atoms with Crippen molar-refractivity contribution in [2.75, 3.05) is 0 Å². The molecule has 0 radical (unpaired) electrons. The van der Waals surface area contributed by atoms with Crippen LogP contribution in [0.2, 0.25) is 0 Å². The molecule has 0 spiro atoms. The molecule has 0 bridgehead atoms. The molecule has 1 heterocycles. The molecule has 0 saturated heterocycles. The topological polar surface area (TPSA) is 0 Å². The van der Waals surface area contributed by atoms with Crippen molar-refractivity contribution in [3.63, 3.8) is 0 Å². The van der Waals surface area contributed by atoms with E-state index in [9.17, 15) is 0 Å². The Labute approximate surface area is 97.7 Å². The van der Waals surface area contributed by atoms with Gasteiger partial charge in [0.15, 0.2) is 0 Å². The lowest BCUT2D eigenvalue weighted by atomic mass is 9.60. The van der Waals surface area contributed by atoms with E-state index in [-0.39, 0.29) is 0 Å². The van der Waals surface area contributed by atoms with Gasteiger partial charge in [0.05, 0.1) is 0 Å². The van der Waals surface area contributed by atoms with E-state index in [0.29, 0.717) is 10.8 Å². The predicted octanol–water partition coefficient (Wildman–Crippen LogP) is 4.63. The minimum Gasteiger partial charge on any atom is -0.148 e. The smallest absolute Gasteiger partial charge is 0.0147 e. The lowest BCUT2D eigenvalue weighted by Crippen LogP contribution is -2.42. The van der Waals surface area contributed by atoms with Gasteiger partial charge in [0, 0.05) is 10.3 Å². The molecule has 1 heteroatoms. The third-order valence-corrected chi connectivity index (χ3v) is 5.40. The van der Waals surface area contributed by atoms with Crippen LogP contribution >= 0.6 is 11.3 Å². The lowest BCUT2D eigenvalue weighted by molar-refractivity contribution is 0.126. The predicted molar refractivity (Wildman–Crippen MR) is 68.6 cm³/mol. The number of fused-ring (bicyclic) bond motifs is 1. The van der Waals surface area contributed by atoms with E-state index in [1.54, 1.807) is 10.4 Å². The Morgan fingerprint density at radius 2 is 2.00 bits per heavy atom. The quantitative estimate of drug-likeness (QED) is 0.649. The highest BCUT2D eigenvalue weighted by Gasteiger charge is 2.50. The second-order valence-corrected chi connectivity index (χ2v) is 7.07. The van der Waals surface area contributed by atoms with E-state index < -0.39 is 0 Å². The highest BCUT2D eigenvalue weighted by atomic mass is 32.1. The summed E-state index contributed by atoms with van der Waals surface area (Å²) in [5.74, 6) is 0.734. The molecule has 0 N–H and O–H groups in total. The Bertz CT molecular complexity index is 354. The van der Waals surface area contributed by atoms with Gasteiger partial charge < -0.3 is 0 Å². The molecule has 1 aliphatic rings. The summed E-state index contributed by atoms with van der Waals surface area (Å²) in [6.07, 6.45) is 2.63. The zero-order chi connectivity index (χ0) is 11.3. The largest absolute Gasteiger partial charge is 0.148 e. The number of aryl methyl sites for hydroxylation is 1. The monoisotopic (exact) mass is 222 g/mol. The fourth-order valence-corrected chi connectivity index (χ4v) is 5.05. The van der Waals surface area contributed by atoms with Crippen LogP contribution in [-0.2, 0) is 11.8 Å². The SMILES string of the molecule is CC(C)C1(C(C)(C)C)CCc2ccsc21. The van der Waals surface area contributed by atoms with Crippen molar-refractivity contribution in [3.05, 3.63) is 21.9 Å². The van der Waals surface area contributed by atoms with Crippen LogP contribution in [-0.4, -0.2) is 0 Å². The van der Waals surface area contributed by atoms with Crippen LogP contribution in [0.3, 0.4) is 0 Å². The Hall–Kier alpha value is -0.300. The molecule has 15 heavy (non-hydrogen) atoms. The zero-order valence-corrected chi connectivity index (χ0v) is 11.4. The molecule has 0 nitrogen and oxygen atoms in total. The van der Waals surface area contributed by atoms with Crippen molar-refractivity contribution in [1.82, 2.24) is 0 Å². The van der Waals surface area contributed by atoms with Gasteiger partial charge in [-0.2, -0.15) is 0 Å². The van der Waals surface area contributed by atoms with Crippen LogP contribution in [0.4, 0.5) is 0 Å². The van der Waals surface area contributed by atoms with Gasteiger partial charge in [-0.3, -0.25) is 0 Å². The van der Waals surface area contributed by atoms with Crippen molar-refractivity contribution in [3.8, 4) is 0 Å². The Balaban J connectivity index is 2.57. The summed E-state index contributed by atoms with van der Waals surface area (Å²) in [7, 11) is 0. The summed E-state index contributed by atoms with van der Waals surface area (Å²) >= 11 is 1.97. The molecule has 0 aliphatic heterocycles. The van der Waals surface area contributed by atoms with Gasteiger partial charge >= 0.3 is 0 Å². The van der Waals surface area contributed by atoms with Gasteiger partial charge in [-0.05, 0) is 41.2 Å². The van der Waals surface area contributed by atoms with E-state index in [4.69, 9.17) is 0 Å². The Morgan fingerprint density at radius 1 is 1.33 bits per heavy atom. The summed E-state index contributed by atoms with van der Waals surface area (Å²) in [5.41, 5.74) is 2.40. The summed E-state index contributed by atoms with van der Waals surface area (Å²) in [4.78, 5) is 1.67. The average molecular weight is 222 g/mol. The van der Waals surface area contributed by atoms with Crippen molar-refractivity contribution >= 4 is 11.3 Å². The third-order valence-electron chi connectivity index (χ3n) is 4.26. The first-order valence-corrected chi connectivity index (χ1v) is 6.84. The van der Waals surface area contributed by atoms with Gasteiger partial charge in [-0.25, -0.2) is 0 Å². The highest BCUT2D eigenvalue weighted by molar-refractivity contribution is 7.10. The first-order valence-electron chi connectivity index (χ1n) is 5.96. The molecule has 1 aliphatic carbocycles. The maximum absolute atomic E-state index is 2.40. The van der Waals surface area contributed by atoms with E-state index in [2.05, 4.69) is 46.1 Å². The molecule has 2 rings (SSSR count). The lowest BCUT2D eigenvalue weighted by Gasteiger charge is -2.45. The van der Waals surface area contributed by atoms with E-state index in [1.165, 1.54) is 12.8 Å². The highest BCUT2D eigenvalue weighted by Crippen LogP contribution is 2.56. The van der Waals surface area contributed by atoms with Crippen LogP contribution in [0, 0.1) is 11.3 Å². The van der Waals surface area contributed by atoms with E-state index >= 15 is 0 Å². The van der Waals surface area contributed by atoms with Gasteiger partial charge in [0.1, 0.15) is 0 Å². The fraction of sp³-hybridized carbons (Fsp3) is 0.714. The van der Waals surface area contributed by atoms with Crippen molar-refractivity contribution < 1.29 is 0 Å². The summed E-state index contributed by atoms with van der Waals surface area (Å²) in [6.45, 7) is 12.0. The summed E-state index contributed by atoms with van der Waals surface area (Å²) < 4.78 is 0. The van der Waals surface area contributed by atoms with Crippen LogP contribution in [0.1, 0.15) is 51.5 Å². The van der Waals surface area contributed by atoms with Crippen LogP contribution in [0.25, 0.3) is 0 Å². The number of rotatable bonds is 1. The standard InChI is InChI=1S/C14H22S/c1-10(2)14(13(3,4)5)8-6-11-7-9-15-12(11)14/h7,9-10H,6,8H2,1-5H3. The first-order chi connectivity index (χ1) is 6.89. The van der Waals surface area contributed by atoms with Crippen LogP contribution in [0.15, 0.2) is 11.4 Å². The Kier molecular flexibility index (Phi) is 2.50. The maximum atomic E-state index is 2.40. The van der Waals surface area contributed by atoms with Gasteiger partial charge in [-0.15, -0.1) is 11.3 Å². The van der Waals surface area contributed by atoms with Gasteiger partial charge in [0.25, 0.3) is 0 Å². The molecule has 1 aromatic rings. The molecule has 0 amide bonds. The van der Waals surface area contributed by atoms with Crippen LogP contribution < -0.4 is 0 Å². The van der Waals surface area contributed by atoms with E-state index in [0.717, 1.165) is 5.92 Å². The number of hydrogen-bond donors (Lipinski definition) is 0. The molecule has 1 aromatic heterocycles. The maximum Gasteiger partial charge on any atom is 0.0147 e. The second-order valence-electron chi connectivity index (χ2n) is 6.15. The van der Waals surface area contributed by atoms with Gasteiger partial charge in [-0.1, -0.05) is 34.6 Å². The minimum absolute atomic E-state index is 0.372. The second kappa shape index (κ2) is 3.35. The van der Waals surface area contributed by atoms with Crippen molar-refractivity contribution in [2.45, 2.75) is 52.9 Å². The fourth-order valence-electron chi connectivity index (χ4n) is 3.50. The van der Waals surface area contributed by atoms with Crippen LogP contribution in [0.5, 0.6) is 0 Å². The third kappa shape index (κ3) is 1.39. The van der Waals surface area contributed by atoms with Crippen molar-refractivity contribution in [2.24, 2.45) is 11.3 Å². The Morgan fingerprint density at radius 3 is 2.53 bits per heavy atom. The molecular formula is C14H22S. The van der Waals surface area contributed by atoms with Crippen molar-refractivity contribution in [1.29, 1.82) is 0 Å². The zero-order valence-electron chi connectivity index (χ0n) is 10.6. The summed E-state index contributed by atoms with van der Waals surface area (Å²) in [5, 5.41) is 2.27. The average Bonchev–Trinajstić information content (AvgIpc) is 2.57. The van der Waals surface area contributed by atoms with Gasteiger partial charge in [0.2, 0.25) is 0 Å². The number of hydrogen-bond acceptors (Lipinski definition) is 1. The molecule has 0 saturated carbocycles. The molecule has 0 aromatic carbocycles. The summed E-state index contributed by atoms with van der Waals surface area (Å²) in [6, 6.07) is 2.33.